The number of carbonyl (C=O) groups excluding carboxylic acids is 1. The van der Waals surface area contributed by atoms with Gasteiger partial charge >= 0.3 is 0 Å². The number of halogens is 3. The number of ketones is 1. The third-order valence-corrected chi connectivity index (χ3v) is 2.88. The smallest absolute Gasteiger partial charge is 0.254 e. The highest BCUT2D eigenvalue weighted by Gasteiger charge is 2.33. The van der Waals surface area contributed by atoms with Crippen molar-refractivity contribution in [2.24, 2.45) is 0 Å². The van der Waals surface area contributed by atoms with E-state index in [4.69, 9.17) is 34.8 Å². The van der Waals surface area contributed by atoms with Gasteiger partial charge in [0.15, 0.2) is 0 Å². The van der Waals surface area contributed by atoms with Crippen LogP contribution in [-0.2, 0) is 13.0 Å². The first kappa shape index (κ1) is 11.3. The molecule has 0 spiro atoms. The number of carbonyl (C=O) groups is 1. The van der Waals surface area contributed by atoms with E-state index in [1.54, 1.807) is 6.07 Å². The minimum absolute atomic E-state index is 0.365. The summed E-state index contributed by atoms with van der Waals surface area (Å²) in [5.74, 6) is -0.512. The normalized spacial score (nSPS) is 16.2. The van der Waals surface area contributed by atoms with Crippen molar-refractivity contribution in [1.29, 1.82) is 0 Å². The molecule has 0 bridgehead atoms. The molecule has 1 aliphatic rings. The molecule has 0 aromatic carbocycles. The number of hydrogen-bond donors (Lipinski definition) is 2. The van der Waals surface area contributed by atoms with E-state index < -0.39 is 9.58 Å². The molecule has 2 N–H and O–H groups in total. The molecule has 0 aliphatic carbocycles. The zero-order valence-corrected chi connectivity index (χ0v) is 10.0. The SMILES string of the molecule is O=C(c1cc2c([nH]1)CNCC2)C(Cl)(Cl)Cl. The van der Waals surface area contributed by atoms with Gasteiger partial charge in [0.05, 0.1) is 5.69 Å². The van der Waals surface area contributed by atoms with Gasteiger partial charge in [0.25, 0.3) is 3.79 Å². The molecular weight excluding hydrogens is 258 g/mol. The second kappa shape index (κ2) is 3.98. The number of Topliss-reactive ketones (excluding diaryl/α,β-unsaturated/α-hetero) is 1. The molecule has 82 valence electrons. The fraction of sp³-hybridized carbons (Fsp3) is 0.444. The monoisotopic (exact) mass is 266 g/mol. The van der Waals surface area contributed by atoms with Crippen molar-refractivity contribution in [3.8, 4) is 0 Å². The van der Waals surface area contributed by atoms with Crippen LogP contribution in [0.4, 0.5) is 0 Å². The minimum atomic E-state index is -1.89. The first-order valence-electron chi connectivity index (χ1n) is 4.51. The van der Waals surface area contributed by atoms with Crippen molar-refractivity contribution in [3.05, 3.63) is 23.0 Å². The van der Waals surface area contributed by atoms with E-state index in [-0.39, 0.29) is 0 Å². The van der Waals surface area contributed by atoms with Crippen LogP contribution >= 0.6 is 34.8 Å². The summed E-state index contributed by atoms with van der Waals surface area (Å²) in [6.45, 7) is 1.63. The number of hydrogen-bond acceptors (Lipinski definition) is 2. The highest BCUT2D eigenvalue weighted by atomic mass is 35.6. The zero-order chi connectivity index (χ0) is 11.1. The van der Waals surface area contributed by atoms with Crippen LogP contribution in [0.15, 0.2) is 6.07 Å². The van der Waals surface area contributed by atoms with Crippen molar-refractivity contribution >= 4 is 40.6 Å². The lowest BCUT2D eigenvalue weighted by Crippen LogP contribution is -2.23. The van der Waals surface area contributed by atoms with Gasteiger partial charge in [-0.2, -0.15) is 0 Å². The van der Waals surface area contributed by atoms with Crippen LogP contribution in [0, 0.1) is 0 Å². The predicted molar refractivity (Wildman–Crippen MR) is 60.8 cm³/mol. The Morgan fingerprint density at radius 1 is 1.40 bits per heavy atom. The lowest BCUT2D eigenvalue weighted by atomic mass is 10.1. The van der Waals surface area contributed by atoms with Crippen molar-refractivity contribution in [3.63, 3.8) is 0 Å². The van der Waals surface area contributed by atoms with Crippen molar-refractivity contribution in [1.82, 2.24) is 10.3 Å². The summed E-state index contributed by atoms with van der Waals surface area (Å²) < 4.78 is -1.89. The Morgan fingerprint density at radius 2 is 2.13 bits per heavy atom. The Kier molecular flexibility index (Phi) is 2.99. The summed E-state index contributed by atoms with van der Waals surface area (Å²) in [5, 5.41) is 3.19. The van der Waals surface area contributed by atoms with Gasteiger partial charge in [0, 0.05) is 12.2 Å². The summed E-state index contributed by atoms with van der Waals surface area (Å²) in [7, 11) is 0. The van der Waals surface area contributed by atoms with E-state index in [9.17, 15) is 4.79 Å². The van der Waals surface area contributed by atoms with Gasteiger partial charge in [-0.25, -0.2) is 0 Å². The Hall–Kier alpha value is -0.220. The zero-order valence-electron chi connectivity index (χ0n) is 7.74. The average molecular weight is 268 g/mol. The fourth-order valence-corrected chi connectivity index (χ4v) is 1.94. The largest absolute Gasteiger partial charge is 0.355 e. The molecule has 1 aromatic rings. The van der Waals surface area contributed by atoms with Crippen LogP contribution in [0.2, 0.25) is 0 Å². The van der Waals surface area contributed by atoms with Crippen LogP contribution in [0.25, 0.3) is 0 Å². The number of H-pyrrole nitrogens is 1. The molecule has 2 rings (SSSR count). The maximum absolute atomic E-state index is 11.6. The van der Waals surface area contributed by atoms with Crippen LogP contribution in [0.1, 0.15) is 21.7 Å². The lowest BCUT2D eigenvalue weighted by Gasteiger charge is -2.11. The summed E-state index contributed by atoms with van der Waals surface area (Å²) in [4.78, 5) is 14.6. The highest BCUT2D eigenvalue weighted by molar-refractivity contribution is 6.77. The number of nitrogens with one attached hydrogen (secondary N) is 2. The molecule has 1 aliphatic heterocycles. The third-order valence-electron chi connectivity index (χ3n) is 2.37. The maximum Gasteiger partial charge on any atom is 0.254 e. The molecule has 0 amide bonds. The molecule has 0 radical (unpaired) electrons. The molecular formula is C9H9Cl3N2O. The Bertz CT molecular complexity index is 371. The molecule has 1 aromatic heterocycles. The van der Waals surface area contributed by atoms with E-state index in [1.165, 1.54) is 0 Å². The number of alkyl halides is 3. The molecule has 3 nitrogen and oxygen atoms in total. The molecule has 2 heterocycles. The first-order chi connectivity index (χ1) is 6.98. The highest BCUT2D eigenvalue weighted by Crippen LogP contribution is 2.31. The van der Waals surface area contributed by atoms with E-state index in [2.05, 4.69) is 10.3 Å². The molecule has 15 heavy (non-hydrogen) atoms. The fourth-order valence-electron chi connectivity index (χ4n) is 1.63. The Balaban J connectivity index is 2.30. The van der Waals surface area contributed by atoms with Gasteiger partial charge in [-0.1, -0.05) is 34.8 Å². The van der Waals surface area contributed by atoms with E-state index in [0.717, 1.165) is 30.8 Å². The van der Waals surface area contributed by atoms with Crippen LogP contribution in [0.3, 0.4) is 0 Å². The van der Waals surface area contributed by atoms with Crippen LogP contribution in [-0.4, -0.2) is 21.1 Å². The topological polar surface area (TPSA) is 44.9 Å². The quantitative estimate of drug-likeness (QED) is 0.605. The second-order valence-corrected chi connectivity index (χ2v) is 5.72. The van der Waals surface area contributed by atoms with Gasteiger partial charge < -0.3 is 10.3 Å². The summed E-state index contributed by atoms with van der Waals surface area (Å²) in [6.07, 6.45) is 0.888. The van der Waals surface area contributed by atoms with Crippen LogP contribution < -0.4 is 5.32 Å². The molecule has 0 saturated carbocycles. The van der Waals surface area contributed by atoms with Crippen molar-refractivity contribution < 1.29 is 4.79 Å². The van der Waals surface area contributed by atoms with Crippen molar-refractivity contribution in [2.45, 2.75) is 16.8 Å². The van der Waals surface area contributed by atoms with Crippen LogP contribution in [0.5, 0.6) is 0 Å². The molecule has 0 fully saturated rings. The van der Waals surface area contributed by atoms with Gasteiger partial charge in [-0.15, -0.1) is 0 Å². The number of rotatable bonds is 1. The lowest BCUT2D eigenvalue weighted by molar-refractivity contribution is 0.0992. The summed E-state index contributed by atoms with van der Waals surface area (Å²) in [6, 6.07) is 1.76. The molecule has 0 unspecified atom stereocenters. The molecule has 6 heteroatoms. The van der Waals surface area contributed by atoms with Gasteiger partial charge in [0.2, 0.25) is 5.78 Å². The second-order valence-electron chi connectivity index (χ2n) is 3.44. The third kappa shape index (κ3) is 2.31. The predicted octanol–water partition coefficient (Wildman–Crippen LogP) is 2.21. The van der Waals surface area contributed by atoms with Gasteiger partial charge in [-0.05, 0) is 24.6 Å². The average Bonchev–Trinajstić information content (AvgIpc) is 2.58. The molecule has 0 atom stereocenters. The Labute approximate surface area is 102 Å². The van der Waals surface area contributed by atoms with Crippen molar-refractivity contribution in [2.75, 3.05) is 6.54 Å². The van der Waals surface area contributed by atoms with Gasteiger partial charge in [-0.3, -0.25) is 4.79 Å². The molecule has 0 saturated heterocycles. The maximum atomic E-state index is 11.6. The van der Waals surface area contributed by atoms with Gasteiger partial charge in [0.1, 0.15) is 0 Å². The van der Waals surface area contributed by atoms with E-state index in [1.807, 2.05) is 0 Å². The summed E-state index contributed by atoms with van der Waals surface area (Å²) >= 11 is 16.6. The van der Waals surface area contributed by atoms with E-state index >= 15 is 0 Å². The first-order valence-corrected chi connectivity index (χ1v) is 5.65. The number of aromatic amines is 1. The summed E-state index contributed by atoms with van der Waals surface area (Å²) in [5.41, 5.74) is 2.48. The number of fused-ring (bicyclic) bond motifs is 1. The minimum Gasteiger partial charge on any atom is -0.355 e. The standard InChI is InChI=1S/C9H9Cl3N2O/c10-9(11,12)8(15)6-3-5-1-2-13-4-7(5)14-6/h3,13-14H,1-2,4H2. The number of aromatic nitrogens is 1. The Morgan fingerprint density at radius 3 is 2.73 bits per heavy atom. The van der Waals surface area contributed by atoms with E-state index in [0.29, 0.717) is 5.69 Å².